The van der Waals surface area contributed by atoms with Crippen LogP contribution in [0.15, 0.2) is 34.5 Å². The van der Waals surface area contributed by atoms with Crippen LogP contribution < -0.4 is 0 Å². The minimum atomic E-state index is 0.202. The van der Waals surface area contributed by atoms with E-state index < -0.39 is 0 Å². The van der Waals surface area contributed by atoms with E-state index in [9.17, 15) is 10.2 Å². The van der Waals surface area contributed by atoms with Crippen LogP contribution >= 0.6 is 0 Å². The van der Waals surface area contributed by atoms with Crippen molar-refractivity contribution < 1.29 is 10.2 Å². The maximum absolute atomic E-state index is 10.0. The third-order valence-electron chi connectivity index (χ3n) is 3.66. The van der Waals surface area contributed by atoms with Gasteiger partial charge < -0.3 is 10.2 Å². The lowest BCUT2D eigenvalue weighted by Gasteiger charge is -2.13. The van der Waals surface area contributed by atoms with E-state index in [-0.39, 0.29) is 5.75 Å². The van der Waals surface area contributed by atoms with E-state index in [4.69, 9.17) is 0 Å². The third kappa shape index (κ3) is 2.50. The molecule has 0 atom stereocenters. The zero-order valence-corrected chi connectivity index (χ0v) is 12.1. The van der Waals surface area contributed by atoms with E-state index in [2.05, 4.69) is 10.2 Å². The van der Waals surface area contributed by atoms with E-state index in [1.54, 1.807) is 24.3 Å². The summed E-state index contributed by atoms with van der Waals surface area (Å²) in [5.74, 6) is 0.524. The maximum atomic E-state index is 10.0. The summed E-state index contributed by atoms with van der Waals surface area (Å²) in [7, 11) is 0. The van der Waals surface area contributed by atoms with Crippen molar-refractivity contribution in [2.45, 2.75) is 27.7 Å². The molecule has 0 unspecified atom stereocenters. The molecule has 0 amide bonds. The van der Waals surface area contributed by atoms with E-state index >= 15 is 0 Å². The minimum Gasteiger partial charge on any atom is -0.508 e. The molecule has 0 spiro atoms. The van der Waals surface area contributed by atoms with Crippen molar-refractivity contribution in [1.29, 1.82) is 0 Å². The Balaban J connectivity index is 2.46. The van der Waals surface area contributed by atoms with Gasteiger partial charge in [-0.2, -0.15) is 5.11 Å². The Morgan fingerprint density at radius 1 is 0.700 bits per heavy atom. The topological polar surface area (TPSA) is 65.2 Å². The van der Waals surface area contributed by atoms with Crippen LogP contribution in [-0.2, 0) is 0 Å². The average Bonchev–Trinajstić information content (AvgIpc) is 2.45. The van der Waals surface area contributed by atoms with Crippen LogP contribution in [0.25, 0.3) is 0 Å². The second-order valence-corrected chi connectivity index (χ2v) is 4.91. The highest BCUT2D eigenvalue weighted by Crippen LogP contribution is 2.37. The molecule has 0 aliphatic heterocycles. The number of rotatable bonds is 2. The molecular weight excluding hydrogens is 252 g/mol. The Bertz CT molecular complexity index is 645. The number of benzene rings is 2. The molecular formula is C16H18N2O2. The van der Waals surface area contributed by atoms with Gasteiger partial charge in [0.15, 0.2) is 0 Å². The lowest BCUT2D eigenvalue weighted by Crippen LogP contribution is -1.91. The minimum absolute atomic E-state index is 0.202. The summed E-state index contributed by atoms with van der Waals surface area (Å²) >= 11 is 0. The molecule has 2 rings (SSSR count). The third-order valence-corrected chi connectivity index (χ3v) is 3.66. The van der Waals surface area contributed by atoms with Crippen molar-refractivity contribution in [3.8, 4) is 11.5 Å². The fourth-order valence-corrected chi connectivity index (χ4v) is 2.05. The van der Waals surface area contributed by atoms with Crippen molar-refractivity contribution in [3.63, 3.8) is 0 Å². The number of phenolic OH excluding ortho intramolecular Hbond substituents is 2. The largest absolute Gasteiger partial charge is 0.508 e. The van der Waals surface area contributed by atoms with Gasteiger partial charge in [0.05, 0.1) is 11.4 Å². The lowest BCUT2D eigenvalue weighted by molar-refractivity contribution is 0.465. The van der Waals surface area contributed by atoms with Crippen LogP contribution in [0.5, 0.6) is 11.5 Å². The van der Waals surface area contributed by atoms with Crippen LogP contribution in [0.1, 0.15) is 22.3 Å². The number of phenols is 2. The zero-order chi connectivity index (χ0) is 14.9. The molecule has 0 fully saturated rings. The van der Waals surface area contributed by atoms with Gasteiger partial charge in [0.1, 0.15) is 11.5 Å². The highest BCUT2D eigenvalue weighted by Gasteiger charge is 2.13. The SMILES string of the molecule is Cc1c(C)c(N=Nc2ccc(O)cc2)c(C)c(C)c1O. The van der Waals surface area contributed by atoms with Gasteiger partial charge >= 0.3 is 0 Å². The Kier molecular flexibility index (Phi) is 3.74. The molecule has 0 saturated carbocycles. The molecule has 4 nitrogen and oxygen atoms in total. The highest BCUT2D eigenvalue weighted by atomic mass is 16.3. The fourth-order valence-electron chi connectivity index (χ4n) is 2.05. The van der Waals surface area contributed by atoms with Crippen LogP contribution in [-0.4, -0.2) is 10.2 Å². The van der Waals surface area contributed by atoms with Crippen molar-refractivity contribution in [3.05, 3.63) is 46.5 Å². The first-order valence-electron chi connectivity index (χ1n) is 6.42. The molecule has 0 heterocycles. The summed E-state index contributed by atoms with van der Waals surface area (Å²) in [6, 6.07) is 6.54. The van der Waals surface area contributed by atoms with Crippen LogP contribution in [0, 0.1) is 27.7 Å². The van der Waals surface area contributed by atoms with Crippen molar-refractivity contribution >= 4 is 11.4 Å². The Morgan fingerprint density at radius 3 is 1.70 bits per heavy atom. The molecule has 4 heteroatoms. The smallest absolute Gasteiger partial charge is 0.122 e. The monoisotopic (exact) mass is 270 g/mol. The van der Waals surface area contributed by atoms with Gasteiger partial charge in [-0.25, -0.2) is 0 Å². The Labute approximate surface area is 118 Å². The zero-order valence-electron chi connectivity index (χ0n) is 12.1. The molecule has 0 radical (unpaired) electrons. The molecule has 2 aromatic rings. The summed E-state index contributed by atoms with van der Waals surface area (Å²) in [4.78, 5) is 0. The summed E-state index contributed by atoms with van der Waals surface area (Å²) in [5.41, 5.74) is 4.96. The lowest BCUT2D eigenvalue weighted by atomic mass is 9.97. The summed E-state index contributed by atoms with van der Waals surface area (Å²) < 4.78 is 0. The number of nitrogens with zero attached hydrogens (tertiary/aromatic N) is 2. The highest BCUT2D eigenvalue weighted by molar-refractivity contribution is 5.63. The van der Waals surface area contributed by atoms with Gasteiger partial charge in [0.2, 0.25) is 0 Å². The quantitative estimate of drug-likeness (QED) is 0.773. The molecule has 20 heavy (non-hydrogen) atoms. The first-order valence-corrected chi connectivity index (χ1v) is 6.42. The van der Waals surface area contributed by atoms with Gasteiger partial charge in [0, 0.05) is 0 Å². The van der Waals surface area contributed by atoms with Crippen molar-refractivity contribution in [2.24, 2.45) is 10.2 Å². The first kappa shape index (κ1) is 14.1. The van der Waals surface area contributed by atoms with Gasteiger partial charge in [-0.3, -0.25) is 0 Å². The van der Waals surface area contributed by atoms with Crippen LogP contribution in [0.4, 0.5) is 11.4 Å². The van der Waals surface area contributed by atoms with E-state index in [1.807, 2.05) is 27.7 Å². The predicted molar refractivity (Wildman–Crippen MR) is 79.3 cm³/mol. The Hall–Kier alpha value is -2.36. The number of hydrogen-bond acceptors (Lipinski definition) is 4. The summed E-state index contributed by atoms with van der Waals surface area (Å²) in [5, 5.41) is 27.7. The molecule has 2 aromatic carbocycles. The van der Waals surface area contributed by atoms with Gasteiger partial charge in [0.25, 0.3) is 0 Å². The van der Waals surface area contributed by atoms with Gasteiger partial charge in [-0.15, -0.1) is 5.11 Å². The first-order chi connectivity index (χ1) is 9.41. The maximum Gasteiger partial charge on any atom is 0.122 e. The van der Waals surface area contributed by atoms with Gasteiger partial charge in [-0.05, 0) is 74.2 Å². The summed E-state index contributed by atoms with van der Waals surface area (Å²) in [6.07, 6.45) is 0. The van der Waals surface area contributed by atoms with Crippen LogP contribution in [0.2, 0.25) is 0 Å². The van der Waals surface area contributed by atoms with E-state index in [0.29, 0.717) is 11.4 Å². The number of hydrogen-bond donors (Lipinski definition) is 2. The summed E-state index contributed by atoms with van der Waals surface area (Å²) in [6.45, 7) is 7.59. The average molecular weight is 270 g/mol. The van der Waals surface area contributed by atoms with Crippen molar-refractivity contribution in [1.82, 2.24) is 0 Å². The normalized spacial score (nSPS) is 11.2. The molecule has 0 aliphatic rings. The van der Waals surface area contributed by atoms with Crippen molar-refractivity contribution in [2.75, 3.05) is 0 Å². The van der Waals surface area contributed by atoms with E-state index in [1.165, 1.54) is 0 Å². The standard InChI is InChI=1S/C16H18N2O2/c1-9-11(3)16(20)12(4)10(2)15(9)18-17-13-5-7-14(19)8-6-13/h5-8,19-20H,1-4H3. The second kappa shape index (κ2) is 5.33. The predicted octanol–water partition coefficient (Wildman–Crippen LogP) is 4.75. The van der Waals surface area contributed by atoms with E-state index in [0.717, 1.165) is 27.9 Å². The molecule has 0 aliphatic carbocycles. The molecule has 104 valence electrons. The fraction of sp³-hybridized carbons (Fsp3) is 0.250. The molecule has 0 saturated heterocycles. The number of aromatic hydroxyl groups is 2. The van der Waals surface area contributed by atoms with Crippen LogP contribution in [0.3, 0.4) is 0 Å². The number of azo groups is 1. The molecule has 2 N–H and O–H groups in total. The second-order valence-electron chi connectivity index (χ2n) is 4.91. The Morgan fingerprint density at radius 2 is 1.20 bits per heavy atom. The molecule has 0 aromatic heterocycles. The van der Waals surface area contributed by atoms with Gasteiger partial charge in [-0.1, -0.05) is 0 Å². The molecule has 0 bridgehead atoms.